The highest BCUT2D eigenvalue weighted by Crippen LogP contribution is 2.13. The molecule has 0 aliphatic heterocycles. The molecule has 1 heterocycles. The Morgan fingerprint density at radius 3 is 2.52 bits per heavy atom. The molecule has 21 heavy (non-hydrogen) atoms. The highest BCUT2D eigenvalue weighted by molar-refractivity contribution is 7.88. The predicted octanol–water partition coefficient (Wildman–Crippen LogP) is 1.96. The molecule has 0 saturated heterocycles. The molecular weight excluding hydrogens is 286 g/mol. The highest BCUT2D eigenvalue weighted by atomic mass is 32.2. The fourth-order valence-electron chi connectivity index (χ4n) is 2.33. The second kappa shape index (κ2) is 5.99. The number of aromatic nitrogens is 2. The maximum absolute atomic E-state index is 12.2. The lowest BCUT2D eigenvalue weighted by Gasteiger charge is -2.08. The minimum Gasteiger partial charge on any atom is -0.272 e. The molecule has 2 rings (SSSR count). The zero-order valence-corrected chi connectivity index (χ0v) is 13.7. The number of aryl methyl sites for hydroxylation is 3. The topological polar surface area (TPSA) is 64.0 Å². The van der Waals surface area contributed by atoms with Crippen LogP contribution in [0.3, 0.4) is 0 Å². The van der Waals surface area contributed by atoms with Crippen molar-refractivity contribution in [3.8, 4) is 0 Å². The third-order valence-electron chi connectivity index (χ3n) is 3.57. The van der Waals surface area contributed by atoms with Crippen molar-refractivity contribution in [3.05, 3.63) is 52.3 Å². The molecule has 0 saturated carbocycles. The molecular formula is C15H21N3O2S. The zero-order chi connectivity index (χ0) is 15.6. The van der Waals surface area contributed by atoms with Crippen molar-refractivity contribution in [2.24, 2.45) is 7.05 Å². The lowest BCUT2D eigenvalue weighted by Crippen LogP contribution is -2.25. The van der Waals surface area contributed by atoms with Gasteiger partial charge in [0, 0.05) is 24.8 Å². The molecule has 6 heteroatoms. The van der Waals surface area contributed by atoms with Crippen LogP contribution in [0.2, 0.25) is 0 Å². The number of rotatable bonds is 5. The molecule has 1 aromatic carbocycles. The van der Waals surface area contributed by atoms with Crippen molar-refractivity contribution in [2.75, 3.05) is 0 Å². The van der Waals surface area contributed by atoms with E-state index < -0.39 is 10.0 Å². The van der Waals surface area contributed by atoms with Crippen LogP contribution in [0.15, 0.2) is 24.3 Å². The summed E-state index contributed by atoms with van der Waals surface area (Å²) < 4.78 is 28.8. The van der Waals surface area contributed by atoms with Gasteiger partial charge in [-0.05, 0) is 26.3 Å². The van der Waals surface area contributed by atoms with Crippen LogP contribution in [0.4, 0.5) is 0 Å². The Morgan fingerprint density at radius 2 is 1.95 bits per heavy atom. The Labute approximate surface area is 126 Å². The molecule has 0 atom stereocenters. The zero-order valence-electron chi connectivity index (χ0n) is 12.8. The van der Waals surface area contributed by atoms with Crippen LogP contribution in [0.5, 0.6) is 0 Å². The summed E-state index contributed by atoms with van der Waals surface area (Å²) in [6.07, 6.45) is 0. The van der Waals surface area contributed by atoms with E-state index in [0.29, 0.717) is 0 Å². The fraction of sp³-hybridized carbons (Fsp3) is 0.400. The van der Waals surface area contributed by atoms with Crippen LogP contribution < -0.4 is 4.72 Å². The smallest absolute Gasteiger partial charge is 0.216 e. The molecule has 5 nitrogen and oxygen atoms in total. The number of sulfonamides is 1. The second-order valence-electron chi connectivity index (χ2n) is 5.34. The van der Waals surface area contributed by atoms with Crippen molar-refractivity contribution in [2.45, 2.75) is 33.1 Å². The number of hydrogen-bond acceptors (Lipinski definition) is 3. The van der Waals surface area contributed by atoms with Crippen LogP contribution >= 0.6 is 0 Å². The van der Waals surface area contributed by atoms with Gasteiger partial charge in [0.2, 0.25) is 10.0 Å². The number of benzene rings is 1. The first-order chi connectivity index (χ1) is 9.78. The molecule has 0 unspecified atom stereocenters. The SMILES string of the molecule is Cc1cccc(CS(=O)(=O)NCc2c(C)nn(C)c2C)c1. The van der Waals surface area contributed by atoms with Crippen molar-refractivity contribution in [1.29, 1.82) is 0 Å². The first-order valence-electron chi connectivity index (χ1n) is 6.80. The molecule has 0 amide bonds. The van der Waals surface area contributed by atoms with Gasteiger partial charge in [0.15, 0.2) is 0 Å². The molecule has 0 radical (unpaired) electrons. The van der Waals surface area contributed by atoms with Crippen molar-refractivity contribution < 1.29 is 8.42 Å². The summed E-state index contributed by atoms with van der Waals surface area (Å²) in [5.74, 6) is -0.00691. The van der Waals surface area contributed by atoms with Crippen molar-refractivity contribution in [3.63, 3.8) is 0 Å². The molecule has 0 bridgehead atoms. The van der Waals surface area contributed by atoms with Gasteiger partial charge >= 0.3 is 0 Å². The van der Waals surface area contributed by atoms with Gasteiger partial charge in [0.05, 0.1) is 11.4 Å². The van der Waals surface area contributed by atoms with E-state index in [2.05, 4.69) is 9.82 Å². The third kappa shape index (κ3) is 3.92. The third-order valence-corrected chi connectivity index (χ3v) is 4.86. The summed E-state index contributed by atoms with van der Waals surface area (Å²) in [7, 11) is -1.51. The van der Waals surface area contributed by atoms with E-state index in [-0.39, 0.29) is 12.3 Å². The summed E-state index contributed by atoms with van der Waals surface area (Å²) in [4.78, 5) is 0. The van der Waals surface area contributed by atoms with Crippen molar-refractivity contribution in [1.82, 2.24) is 14.5 Å². The summed E-state index contributed by atoms with van der Waals surface area (Å²) in [5.41, 5.74) is 4.62. The molecule has 0 aliphatic rings. The lowest BCUT2D eigenvalue weighted by atomic mass is 10.2. The van der Waals surface area contributed by atoms with Crippen LogP contribution in [-0.4, -0.2) is 18.2 Å². The van der Waals surface area contributed by atoms with E-state index >= 15 is 0 Å². The van der Waals surface area contributed by atoms with Crippen LogP contribution in [0, 0.1) is 20.8 Å². The molecule has 0 aliphatic carbocycles. The van der Waals surface area contributed by atoms with Crippen LogP contribution in [0.25, 0.3) is 0 Å². The van der Waals surface area contributed by atoms with Gasteiger partial charge in [-0.15, -0.1) is 0 Å². The van der Waals surface area contributed by atoms with Crippen LogP contribution in [-0.2, 0) is 29.4 Å². The summed E-state index contributed by atoms with van der Waals surface area (Å²) in [6, 6.07) is 7.54. The van der Waals surface area contributed by atoms with Gasteiger partial charge in [-0.3, -0.25) is 4.68 Å². The van der Waals surface area contributed by atoms with Gasteiger partial charge < -0.3 is 0 Å². The van der Waals surface area contributed by atoms with Crippen LogP contribution in [0.1, 0.15) is 28.1 Å². The highest BCUT2D eigenvalue weighted by Gasteiger charge is 2.15. The Balaban J connectivity index is 2.08. The maximum atomic E-state index is 12.2. The quantitative estimate of drug-likeness (QED) is 0.918. The van der Waals surface area contributed by atoms with Gasteiger partial charge in [-0.2, -0.15) is 5.10 Å². The van der Waals surface area contributed by atoms with Gasteiger partial charge in [0.1, 0.15) is 0 Å². The first-order valence-corrected chi connectivity index (χ1v) is 8.45. The average Bonchev–Trinajstić information content (AvgIpc) is 2.60. The summed E-state index contributed by atoms with van der Waals surface area (Å²) in [5, 5.41) is 4.29. The van der Waals surface area contributed by atoms with Crippen molar-refractivity contribution >= 4 is 10.0 Å². The number of nitrogens with zero attached hydrogens (tertiary/aromatic N) is 2. The Hall–Kier alpha value is -1.66. The monoisotopic (exact) mass is 307 g/mol. The molecule has 0 fully saturated rings. The summed E-state index contributed by atoms with van der Waals surface area (Å²) >= 11 is 0. The van der Waals surface area contributed by atoms with Gasteiger partial charge in [0.25, 0.3) is 0 Å². The fourth-order valence-corrected chi connectivity index (χ4v) is 3.41. The Kier molecular flexibility index (Phi) is 4.49. The second-order valence-corrected chi connectivity index (χ2v) is 7.15. The van der Waals surface area contributed by atoms with E-state index in [0.717, 1.165) is 28.1 Å². The van der Waals surface area contributed by atoms with E-state index in [9.17, 15) is 8.42 Å². The lowest BCUT2D eigenvalue weighted by molar-refractivity contribution is 0.580. The molecule has 0 spiro atoms. The van der Waals surface area contributed by atoms with E-state index in [1.807, 2.05) is 52.1 Å². The van der Waals surface area contributed by atoms with E-state index in [4.69, 9.17) is 0 Å². The maximum Gasteiger partial charge on any atom is 0.216 e. The predicted molar refractivity (Wildman–Crippen MR) is 83.3 cm³/mol. The number of hydrogen-bond donors (Lipinski definition) is 1. The molecule has 114 valence electrons. The van der Waals surface area contributed by atoms with E-state index in [1.54, 1.807) is 4.68 Å². The molecule has 2 aromatic rings. The molecule has 1 N–H and O–H groups in total. The van der Waals surface area contributed by atoms with Gasteiger partial charge in [-0.25, -0.2) is 13.1 Å². The standard InChI is InChI=1S/C15H21N3O2S/c1-11-6-5-7-14(8-11)10-21(19,20)16-9-15-12(2)17-18(4)13(15)3/h5-8,16H,9-10H2,1-4H3. The Morgan fingerprint density at radius 1 is 1.24 bits per heavy atom. The summed E-state index contributed by atoms with van der Waals surface area (Å²) in [6.45, 7) is 6.05. The number of nitrogens with one attached hydrogen (secondary N) is 1. The average molecular weight is 307 g/mol. The normalized spacial score (nSPS) is 11.8. The first kappa shape index (κ1) is 15.7. The minimum absolute atomic E-state index is 0.00691. The minimum atomic E-state index is -3.36. The molecule has 1 aromatic heterocycles. The van der Waals surface area contributed by atoms with E-state index in [1.165, 1.54) is 0 Å². The Bertz CT molecular complexity index is 748. The largest absolute Gasteiger partial charge is 0.272 e. The van der Waals surface area contributed by atoms with Gasteiger partial charge in [-0.1, -0.05) is 29.8 Å².